The predicted octanol–water partition coefficient (Wildman–Crippen LogP) is 7.25. The molecular formula is C35H36Cl2N2O6S2. The molecule has 2 fully saturated rings. The number of carbonyl (C=O) groups is 2. The van der Waals surface area contributed by atoms with Crippen molar-refractivity contribution < 1.29 is 28.9 Å². The Hall–Kier alpha value is -2.80. The summed E-state index contributed by atoms with van der Waals surface area (Å²) in [5.74, 6) is -0.0662. The van der Waals surface area contributed by atoms with Crippen LogP contribution in [0.25, 0.3) is 0 Å². The maximum absolute atomic E-state index is 13.1. The molecule has 2 aliphatic rings. The number of nitrogens with one attached hydrogen (secondary N) is 1. The number of hydrogen-bond acceptors (Lipinski definition) is 10. The lowest BCUT2D eigenvalue weighted by Gasteiger charge is -2.25. The van der Waals surface area contributed by atoms with E-state index in [9.17, 15) is 14.7 Å². The monoisotopic (exact) mass is 714 g/mol. The first kappa shape index (κ1) is 34.1. The molecule has 2 aromatic carbocycles. The average molecular weight is 716 g/mol. The summed E-state index contributed by atoms with van der Waals surface area (Å²) < 4.78 is 16.2. The zero-order valence-corrected chi connectivity index (χ0v) is 29.1. The number of hydrogen-bond donors (Lipinski definition) is 2. The Labute approximate surface area is 292 Å². The summed E-state index contributed by atoms with van der Waals surface area (Å²) in [6.07, 6.45) is 0.994. The van der Waals surface area contributed by atoms with Crippen molar-refractivity contribution >= 4 is 57.8 Å². The number of carbonyl (C=O) groups excluding carboxylic acids is 2. The van der Waals surface area contributed by atoms with Gasteiger partial charge in [-0.05, 0) is 77.1 Å². The summed E-state index contributed by atoms with van der Waals surface area (Å²) in [5, 5.41) is 17.1. The van der Waals surface area contributed by atoms with Gasteiger partial charge < -0.3 is 19.3 Å². The lowest BCUT2D eigenvalue weighted by atomic mass is 9.99. The number of rotatable bonds is 13. The second-order valence-electron chi connectivity index (χ2n) is 11.8. The van der Waals surface area contributed by atoms with E-state index in [1.54, 1.807) is 46.9 Å². The first-order valence-corrected chi connectivity index (χ1v) is 17.8. The SMILES string of the molecule is COC(=O)C(NCC(O)c1ccc(CC2C[C@H]2c2ccc(Cl)c(C(C(=O)OC)N3COC(c4cccs4)C3)c2)s1)c1ccccc1Cl. The minimum absolute atomic E-state index is 0.0986. The summed E-state index contributed by atoms with van der Waals surface area (Å²) >= 11 is 16.2. The molecule has 6 atom stereocenters. The molecule has 0 spiro atoms. The van der Waals surface area contributed by atoms with Gasteiger partial charge in [0.05, 0.1) is 14.2 Å². The molecule has 5 unspecified atom stereocenters. The van der Waals surface area contributed by atoms with Gasteiger partial charge in [-0.2, -0.15) is 0 Å². The number of esters is 2. The van der Waals surface area contributed by atoms with E-state index in [2.05, 4.69) is 17.4 Å². The summed E-state index contributed by atoms with van der Waals surface area (Å²) in [6.45, 7) is 1.03. The minimum Gasteiger partial charge on any atom is -0.468 e. The molecule has 2 N–H and O–H groups in total. The van der Waals surface area contributed by atoms with Gasteiger partial charge in [-0.1, -0.05) is 59.6 Å². The smallest absolute Gasteiger partial charge is 0.327 e. The van der Waals surface area contributed by atoms with Crippen LogP contribution in [0.1, 0.15) is 68.0 Å². The fourth-order valence-electron chi connectivity index (χ4n) is 6.22. The molecule has 8 nitrogen and oxygen atoms in total. The van der Waals surface area contributed by atoms with Gasteiger partial charge in [-0.3, -0.25) is 10.2 Å². The number of nitrogens with zero attached hydrogens (tertiary/aromatic N) is 1. The van der Waals surface area contributed by atoms with E-state index in [0.29, 0.717) is 40.7 Å². The second kappa shape index (κ2) is 15.2. The minimum atomic E-state index is -0.804. The maximum Gasteiger partial charge on any atom is 0.327 e. The molecule has 12 heteroatoms. The van der Waals surface area contributed by atoms with Crippen LogP contribution in [-0.2, 0) is 30.2 Å². The number of ether oxygens (including phenoxy) is 3. The number of aliphatic hydroxyl groups excluding tert-OH is 1. The van der Waals surface area contributed by atoms with Crippen molar-refractivity contribution in [2.45, 2.75) is 43.1 Å². The van der Waals surface area contributed by atoms with Crippen molar-refractivity contribution in [1.29, 1.82) is 0 Å². The Balaban J connectivity index is 1.09. The molecule has 1 saturated carbocycles. The quantitative estimate of drug-likeness (QED) is 0.140. The molecule has 2 aromatic heterocycles. The van der Waals surface area contributed by atoms with E-state index in [1.807, 2.05) is 40.6 Å². The third kappa shape index (κ3) is 7.76. The van der Waals surface area contributed by atoms with Crippen molar-refractivity contribution in [3.05, 3.63) is 113 Å². The van der Waals surface area contributed by atoms with Crippen LogP contribution in [0.4, 0.5) is 0 Å². The van der Waals surface area contributed by atoms with E-state index in [4.69, 9.17) is 37.4 Å². The maximum atomic E-state index is 13.1. The van der Waals surface area contributed by atoms with Gasteiger partial charge >= 0.3 is 11.9 Å². The Bertz CT molecular complexity index is 1700. The lowest BCUT2D eigenvalue weighted by molar-refractivity contribution is -0.147. The van der Waals surface area contributed by atoms with Gasteiger partial charge in [0.1, 0.15) is 31.0 Å². The Kier molecular flexibility index (Phi) is 11.0. The van der Waals surface area contributed by atoms with E-state index in [-0.39, 0.29) is 18.6 Å². The second-order valence-corrected chi connectivity index (χ2v) is 14.8. The van der Waals surface area contributed by atoms with Crippen molar-refractivity contribution in [3.63, 3.8) is 0 Å². The number of halogens is 2. The van der Waals surface area contributed by atoms with Crippen molar-refractivity contribution in [3.8, 4) is 0 Å². The molecule has 4 aromatic rings. The van der Waals surface area contributed by atoms with Crippen LogP contribution >= 0.6 is 45.9 Å². The van der Waals surface area contributed by atoms with E-state index >= 15 is 0 Å². The zero-order chi connectivity index (χ0) is 33.1. The highest BCUT2D eigenvalue weighted by molar-refractivity contribution is 7.12. The van der Waals surface area contributed by atoms with Gasteiger partial charge in [0, 0.05) is 37.8 Å². The lowest BCUT2D eigenvalue weighted by Crippen LogP contribution is -2.33. The number of aliphatic hydroxyl groups is 1. The molecule has 47 heavy (non-hydrogen) atoms. The van der Waals surface area contributed by atoms with Crippen LogP contribution in [0.3, 0.4) is 0 Å². The molecule has 1 aliphatic heterocycles. The third-order valence-corrected chi connectivity index (χ3v) is 11.7. The topological polar surface area (TPSA) is 97.3 Å². The van der Waals surface area contributed by atoms with Crippen LogP contribution in [0.15, 0.2) is 72.1 Å². The Morgan fingerprint density at radius 3 is 2.55 bits per heavy atom. The van der Waals surface area contributed by atoms with Gasteiger partial charge in [-0.25, -0.2) is 9.59 Å². The Morgan fingerprint density at radius 1 is 1.02 bits per heavy atom. The standard InChI is InChI=1S/C35H36Cl2N2O6S2/c1-43-34(41)32(23-6-3-4-7-26(23)36)38-17-28(40)30-12-10-22(47-30)14-21-16-24(21)20-9-11-27(37)25(15-20)33(35(42)44-2)39-18-29(45-19-39)31-8-5-13-46-31/h3-13,15,21,24,28-29,32-33,38,40H,14,16-19H2,1-2H3/t21?,24-,28?,29?,32?,33?/m0/s1. The van der Waals surface area contributed by atoms with Crippen molar-refractivity contribution in [2.75, 3.05) is 34.0 Å². The van der Waals surface area contributed by atoms with Gasteiger partial charge in [0.2, 0.25) is 0 Å². The predicted molar refractivity (Wildman–Crippen MR) is 184 cm³/mol. The molecule has 3 heterocycles. The molecule has 0 amide bonds. The van der Waals surface area contributed by atoms with Crippen molar-refractivity contribution in [2.24, 2.45) is 5.92 Å². The first-order valence-electron chi connectivity index (χ1n) is 15.4. The normalized spacial score (nSPS) is 21.3. The molecular weight excluding hydrogens is 679 g/mol. The fourth-order valence-corrected chi connectivity index (χ4v) is 8.54. The largest absolute Gasteiger partial charge is 0.468 e. The summed E-state index contributed by atoms with van der Waals surface area (Å²) in [5.41, 5.74) is 2.47. The molecule has 248 valence electrons. The summed E-state index contributed by atoms with van der Waals surface area (Å²) in [6, 6.07) is 19.6. The fraction of sp³-hybridized carbons (Fsp3) is 0.371. The van der Waals surface area contributed by atoms with Crippen LogP contribution in [-0.4, -0.2) is 56.0 Å². The first-order chi connectivity index (χ1) is 22.8. The summed E-state index contributed by atoms with van der Waals surface area (Å²) in [4.78, 5) is 30.7. The van der Waals surface area contributed by atoms with Gasteiger partial charge in [0.25, 0.3) is 0 Å². The highest BCUT2D eigenvalue weighted by Gasteiger charge is 2.41. The van der Waals surface area contributed by atoms with E-state index in [0.717, 1.165) is 33.7 Å². The highest BCUT2D eigenvalue weighted by atomic mass is 35.5. The van der Waals surface area contributed by atoms with Crippen LogP contribution < -0.4 is 5.32 Å². The average Bonchev–Trinajstić information content (AvgIpc) is 3.50. The molecule has 1 aliphatic carbocycles. The Morgan fingerprint density at radius 2 is 1.81 bits per heavy atom. The third-order valence-electron chi connectivity index (χ3n) is 8.80. The highest BCUT2D eigenvalue weighted by Crippen LogP contribution is 2.51. The zero-order valence-electron chi connectivity index (χ0n) is 25.9. The molecule has 0 radical (unpaired) electrons. The van der Waals surface area contributed by atoms with Crippen molar-refractivity contribution in [1.82, 2.24) is 10.2 Å². The van der Waals surface area contributed by atoms with E-state index in [1.165, 1.54) is 19.1 Å². The number of thiophene rings is 2. The van der Waals surface area contributed by atoms with Crippen LogP contribution in [0.5, 0.6) is 0 Å². The number of methoxy groups -OCH3 is 2. The van der Waals surface area contributed by atoms with Gasteiger partial charge in [0.15, 0.2) is 0 Å². The summed E-state index contributed by atoms with van der Waals surface area (Å²) in [7, 11) is 2.73. The molecule has 0 bridgehead atoms. The molecule has 6 rings (SSSR count). The van der Waals surface area contributed by atoms with Crippen LogP contribution in [0.2, 0.25) is 10.0 Å². The molecule has 1 saturated heterocycles. The number of benzene rings is 2. The van der Waals surface area contributed by atoms with Gasteiger partial charge in [-0.15, -0.1) is 22.7 Å². The van der Waals surface area contributed by atoms with E-state index < -0.39 is 24.2 Å². The van der Waals surface area contributed by atoms with Crippen LogP contribution in [0, 0.1) is 5.92 Å².